The molecule has 0 unspecified atom stereocenters. The van der Waals surface area contributed by atoms with Gasteiger partial charge in [-0.15, -0.1) is 0 Å². The normalized spacial score (nSPS) is 14.0. The molecule has 1 aliphatic rings. The molecule has 0 bridgehead atoms. The predicted molar refractivity (Wildman–Crippen MR) is 105 cm³/mol. The molecule has 150 valence electrons. The van der Waals surface area contributed by atoms with Gasteiger partial charge in [0.25, 0.3) is 11.5 Å². The van der Waals surface area contributed by atoms with Crippen LogP contribution in [0, 0.1) is 0 Å². The van der Waals surface area contributed by atoms with Crippen LogP contribution in [0.2, 0.25) is 0 Å². The van der Waals surface area contributed by atoms with Gasteiger partial charge in [-0.1, -0.05) is 12.8 Å². The van der Waals surface area contributed by atoms with E-state index in [-0.39, 0.29) is 23.9 Å². The Morgan fingerprint density at radius 1 is 1.18 bits per heavy atom. The molecule has 0 radical (unpaired) electrons. The van der Waals surface area contributed by atoms with Crippen LogP contribution in [0.1, 0.15) is 41.9 Å². The zero-order valence-electron chi connectivity index (χ0n) is 16.1. The Bertz CT molecular complexity index is 922. The second kappa shape index (κ2) is 9.45. The average molecular weight is 386 g/mol. The molecule has 2 amide bonds. The number of fused-ring (bicyclic) bond motifs is 2. The molecule has 0 saturated carbocycles. The third-order valence-corrected chi connectivity index (χ3v) is 4.87. The first-order chi connectivity index (χ1) is 13.6. The molecule has 1 aliphatic heterocycles. The first-order valence-corrected chi connectivity index (χ1v) is 9.67. The molecule has 28 heavy (non-hydrogen) atoms. The molecular formula is C20H26N4O4. The minimum absolute atomic E-state index is 0.0496. The van der Waals surface area contributed by atoms with Gasteiger partial charge in [-0.05, 0) is 31.0 Å². The van der Waals surface area contributed by atoms with E-state index in [2.05, 4.69) is 15.6 Å². The molecule has 0 spiro atoms. The van der Waals surface area contributed by atoms with Gasteiger partial charge >= 0.3 is 0 Å². The Hall–Kier alpha value is -2.74. The highest BCUT2D eigenvalue weighted by atomic mass is 16.5. The SMILES string of the molecule is COCCNC(=O)CNC(=O)c1ccc2c(=O)n3c(nc2c1)CCCCCC3. The number of aromatic nitrogens is 2. The Morgan fingerprint density at radius 3 is 2.82 bits per heavy atom. The number of carbonyl (C=O) groups is 2. The predicted octanol–water partition coefficient (Wildman–Crippen LogP) is 1.01. The van der Waals surface area contributed by atoms with Crippen molar-refractivity contribution in [3.63, 3.8) is 0 Å². The topological polar surface area (TPSA) is 102 Å². The van der Waals surface area contributed by atoms with E-state index in [1.165, 1.54) is 0 Å². The van der Waals surface area contributed by atoms with Crippen molar-refractivity contribution < 1.29 is 14.3 Å². The summed E-state index contributed by atoms with van der Waals surface area (Å²) in [7, 11) is 1.55. The maximum absolute atomic E-state index is 12.8. The van der Waals surface area contributed by atoms with Crippen molar-refractivity contribution in [3.8, 4) is 0 Å². The zero-order chi connectivity index (χ0) is 19.9. The van der Waals surface area contributed by atoms with E-state index in [4.69, 9.17) is 4.74 Å². The average Bonchev–Trinajstić information content (AvgIpc) is 2.67. The fraction of sp³-hybridized carbons (Fsp3) is 0.500. The van der Waals surface area contributed by atoms with Crippen LogP contribution >= 0.6 is 0 Å². The highest BCUT2D eigenvalue weighted by Gasteiger charge is 2.15. The highest BCUT2D eigenvalue weighted by Crippen LogP contribution is 2.16. The Balaban J connectivity index is 1.76. The van der Waals surface area contributed by atoms with E-state index in [0.29, 0.717) is 36.2 Å². The highest BCUT2D eigenvalue weighted by molar-refractivity contribution is 5.99. The summed E-state index contributed by atoms with van der Waals surface area (Å²) in [4.78, 5) is 41.5. The van der Waals surface area contributed by atoms with E-state index in [1.54, 1.807) is 29.9 Å². The van der Waals surface area contributed by atoms with Crippen LogP contribution in [0.3, 0.4) is 0 Å². The number of hydrogen-bond donors (Lipinski definition) is 2. The quantitative estimate of drug-likeness (QED) is 0.722. The number of hydrogen-bond acceptors (Lipinski definition) is 5. The second-order valence-electron chi connectivity index (χ2n) is 6.91. The smallest absolute Gasteiger partial charge is 0.261 e. The van der Waals surface area contributed by atoms with Gasteiger partial charge in [0.05, 0.1) is 24.1 Å². The number of amides is 2. The van der Waals surface area contributed by atoms with Crippen molar-refractivity contribution in [1.82, 2.24) is 20.2 Å². The number of carbonyl (C=O) groups excluding carboxylic acids is 2. The Labute approximate surface area is 163 Å². The number of nitrogens with one attached hydrogen (secondary N) is 2. The van der Waals surface area contributed by atoms with E-state index in [0.717, 1.165) is 37.9 Å². The van der Waals surface area contributed by atoms with Crippen LogP contribution in [0.5, 0.6) is 0 Å². The maximum atomic E-state index is 12.8. The van der Waals surface area contributed by atoms with Gasteiger partial charge in [-0.25, -0.2) is 4.98 Å². The van der Waals surface area contributed by atoms with Crippen LogP contribution in [0.25, 0.3) is 10.9 Å². The van der Waals surface area contributed by atoms with Crippen LogP contribution in [-0.4, -0.2) is 48.2 Å². The molecule has 2 aromatic rings. The number of nitrogens with zero attached hydrogens (tertiary/aromatic N) is 2. The van der Waals surface area contributed by atoms with Crippen LogP contribution in [0.15, 0.2) is 23.0 Å². The Morgan fingerprint density at radius 2 is 2.00 bits per heavy atom. The summed E-state index contributed by atoms with van der Waals surface area (Å²) < 4.78 is 6.63. The lowest BCUT2D eigenvalue weighted by molar-refractivity contribution is -0.120. The van der Waals surface area contributed by atoms with Crippen LogP contribution in [0.4, 0.5) is 0 Å². The third kappa shape index (κ3) is 4.75. The lowest BCUT2D eigenvalue weighted by atomic mass is 10.1. The maximum Gasteiger partial charge on any atom is 0.261 e. The van der Waals surface area contributed by atoms with Crippen molar-refractivity contribution in [2.24, 2.45) is 0 Å². The van der Waals surface area contributed by atoms with E-state index < -0.39 is 0 Å². The molecular weight excluding hydrogens is 360 g/mol. The van der Waals surface area contributed by atoms with E-state index in [9.17, 15) is 14.4 Å². The fourth-order valence-corrected chi connectivity index (χ4v) is 3.35. The lowest BCUT2D eigenvalue weighted by Crippen LogP contribution is -2.38. The number of benzene rings is 1. The van der Waals surface area contributed by atoms with Gasteiger partial charge in [0.15, 0.2) is 0 Å². The minimum Gasteiger partial charge on any atom is -0.383 e. The van der Waals surface area contributed by atoms with Gasteiger partial charge in [0.2, 0.25) is 5.91 Å². The standard InChI is InChI=1S/C20H26N4O4/c1-28-11-9-21-18(25)13-22-19(26)14-7-8-15-16(12-14)23-17-6-4-2-3-5-10-24(17)20(15)27/h7-8,12H,2-6,9-11,13H2,1H3,(H,21,25)(H,22,26). The van der Waals surface area contributed by atoms with Crippen molar-refractivity contribution in [2.45, 2.75) is 38.6 Å². The van der Waals surface area contributed by atoms with Crippen LogP contribution < -0.4 is 16.2 Å². The summed E-state index contributed by atoms with van der Waals surface area (Å²) in [5.74, 6) is 0.119. The molecule has 8 heteroatoms. The number of rotatable bonds is 6. The van der Waals surface area contributed by atoms with Gasteiger partial charge in [-0.2, -0.15) is 0 Å². The summed E-state index contributed by atoms with van der Waals surface area (Å²) in [6, 6.07) is 4.86. The molecule has 1 aromatic carbocycles. The molecule has 2 heterocycles. The molecule has 0 fully saturated rings. The van der Waals surface area contributed by atoms with Crippen molar-refractivity contribution in [1.29, 1.82) is 0 Å². The monoisotopic (exact) mass is 386 g/mol. The fourth-order valence-electron chi connectivity index (χ4n) is 3.35. The Kier molecular flexibility index (Phi) is 6.76. The minimum atomic E-state index is -0.377. The van der Waals surface area contributed by atoms with Gasteiger partial charge < -0.3 is 15.4 Å². The van der Waals surface area contributed by atoms with Crippen molar-refractivity contribution >= 4 is 22.7 Å². The number of methoxy groups -OCH3 is 1. The summed E-state index contributed by atoms with van der Waals surface area (Å²) in [6.07, 6.45) is 5.03. The molecule has 8 nitrogen and oxygen atoms in total. The lowest BCUT2D eigenvalue weighted by Gasteiger charge is -2.16. The van der Waals surface area contributed by atoms with Gasteiger partial charge in [-0.3, -0.25) is 19.0 Å². The second-order valence-corrected chi connectivity index (χ2v) is 6.91. The number of ether oxygens (including phenoxy) is 1. The number of aryl methyl sites for hydroxylation is 1. The molecule has 0 aliphatic carbocycles. The zero-order valence-corrected chi connectivity index (χ0v) is 16.1. The summed E-state index contributed by atoms with van der Waals surface area (Å²) >= 11 is 0. The first kappa shape index (κ1) is 20.0. The molecule has 0 saturated heterocycles. The summed E-state index contributed by atoms with van der Waals surface area (Å²) in [5.41, 5.74) is 0.847. The third-order valence-electron chi connectivity index (χ3n) is 4.87. The molecule has 3 rings (SSSR count). The van der Waals surface area contributed by atoms with Crippen LogP contribution in [-0.2, 0) is 22.5 Å². The van der Waals surface area contributed by atoms with Gasteiger partial charge in [0.1, 0.15) is 5.82 Å². The summed E-state index contributed by atoms with van der Waals surface area (Å²) in [6.45, 7) is 1.37. The van der Waals surface area contributed by atoms with Gasteiger partial charge in [0, 0.05) is 32.2 Å². The largest absolute Gasteiger partial charge is 0.383 e. The first-order valence-electron chi connectivity index (χ1n) is 9.67. The molecule has 0 atom stereocenters. The van der Waals surface area contributed by atoms with Crippen molar-refractivity contribution in [2.75, 3.05) is 26.8 Å². The summed E-state index contributed by atoms with van der Waals surface area (Å²) in [5, 5.41) is 5.73. The van der Waals surface area contributed by atoms with Crippen molar-refractivity contribution in [3.05, 3.63) is 39.9 Å². The molecule has 2 N–H and O–H groups in total. The van der Waals surface area contributed by atoms with E-state index in [1.807, 2.05) is 0 Å². The molecule has 1 aromatic heterocycles. The van der Waals surface area contributed by atoms with E-state index >= 15 is 0 Å².